The molecule has 0 saturated carbocycles. The van der Waals surface area contributed by atoms with Gasteiger partial charge < -0.3 is 10.1 Å². The average molecular weight is 351 g/mol. The summed E-state index contributed by atoms with van der Waals surface area (Å²) in [6, 6.07) is 13.4. The van der Waals surface area contributed by atoms with Crippen LogP contribution in [0.1, 0.15) is 28.4 Å². The van der Waals surface area contributed by atoms with Gasteiger partial charge in [0, 0.05) is 5.69 Å². The lowest BCUT2D eigenvalue weighted by Gasteiger charge is -2.16. The number of H-pyrrole nitrogens is 1. The van der Waals surface area contributed by atoms with Gasteiger partial charge in [-0.1, -0.05) is 29.5 Å². The number of carbonyl (C=O) groups excluding carboxylic acids is 1. The van der Waals surface area contributed by atoms with Crippen LogP contribution in [0, 0.1) is 13.8 Å². The van der Waals surface area contributed by atoms with Crippen molar-refractivity contribution in [1.82, 2.24) is 20.6 Å². The molecule has 7 heteroatoms. The minimum Gasteiger partial charge on any atom is -0.497 e. The van der Waals surface area contributed by atoms with Crippen LogP contribution in [0.3, 0.4) is 0 Å². The van der Waals surface area contributed by atoms with Crippen molar-refractivity contribution < 1.29 is 9.53 Å². The molecule has 134 valence electrons. The highest BCUT2D eigenvalue weighted by molar-refractivity contribution is 5.96. The summed E-state index contributed by atoms with van der Waals surface area (Å²) < 4.78 is 5.26. The Kier molecular flexibility index (Phi) is 5.26. The molecule has 1 amide bonds. The molecule has 1 atom stereocenters. The molecular formula is C19H21N5O2. The normalized spacial score (nSPS) is 11.8. The molecule has 0 aliphatic heterocycles. The van der Waals surface area contributed by atoms with E-state index < -0.39 is 5.92 Å². The van der Waals surface area contributed by atoms with E-state index in [1.165, 1.54) is 0 Å². The maximum Gasteiger partial charge on any atom is 0.235 e. The molecule has 1 heterocycles. The Hall–Kier alpha value is -3.22. The van der Waals surface area contributed by atoms with Gasteiger partial charge in [-0.2, -0.15) is 5.21 Å². The van der Waals surface area contributed by atoms with Gasteiger partial charge in [-0.15, -0.1) is 10.2 Å². The summed E-state index contributed by atoms with van der Waals surface area (Å²) in [4.78, 5) is 13.0. The topological polar surface area (TPSA) is 92.8 Å². The molecule has 26 heavy (non-hydrogen) atoms. The number of nitrogens with one attached hydrogen (secondary N) is 2. The van der Waals surface area contributed by atoms with Crippen molar-refractivity contribution in [3.05, 3.63) is 65.0 Å². The summed E-state index contributed by atoms with van der Waals surface area (Å²) in [5, 5.41) is 17.1. The molecule has 0 spiro atoms. The van der Waals surface area contributed by atoms with E-state index in [-0.39, 0.29) is 5.91 Å². The number of aromatic nitrogens is 4. The fraction of sp³-hybridized carbons (Fsp3) is 0.263. The van der Waals surface area contributed by atoms with Crippen LogP contribution in [0.15, 0.2) is 42.5 Å². The third-order valence-electron chi connectivity index (χ3n) is 4.43. The Morgan fingerprint density at radius 3 is 2.77 bits per heavy atom. The number of nitrogens with zero attached hydrogens (tertiary/aromatic N) is 3. The molecule has 7 nitrogen and oxygen atoms in total. The number of benzene rings is 2. The molecule has 0 fully saturated rings. The van der Waals surface area contributed by atoms with Crippen molar-refractivity contribution in [2.24, 2.45) is 0 Å². The second kappa shape index (κ2) is 7.77. The SMILES string of the molecule is COc1cccc(C[C@@H](C(=O)Nc2cccc(C)c2C)c2nn[nH]n2)c1. The fourth-order valence-electron chi connectivity index (χ4n) is 2.76. The summed E-state index contributed by atoms with van der Waals surface area (Å²) in [6.45, 7) is 3.99. The lowest BCUT2D eigenvalue weighted by molar-refractivity contribution is -0.117. The number of methoxy groups -OCH3 is 1. The Morgan fingerprint density at radius 2 is 2.04 bits per heavy atom. The molecule has 0 saturated heterocycles. The first-order valence-electron chi connectivity index (χ1n) is 8.32. The van der Waals surface area contributed by atoms with Crippen LogP contribution in [0.5, 0.6) is 5.75 Å². The third kappa shape index (κ3) is 3.88. The number of hydrogen-bond acceptors (Lipinski definition) is 5. The molecule has 3 aromatic rings. The second-order valence-electron chi connectivity index (χ2n) is 6.11. The Labute approximate surface area is 151 Å². The van der Waals surface area contributed by atoms with Crippen LogP contribution < -0.4 is 10.1 Å². The van der Waals surface area contributed by atoms with Gasteiger partial charge in [-0.05, 0) is 55.2 Å². The molecule has 0 unspecified atom stereocenters. The van der Waals surface area contributed by atoms with Crippen molar-refractivity contribution in [1.29, 1.82) is 0 Å². The first kappa shape index (κ1) is 17.6. The minimum atomic E-state index is -0.569. The van der Waals surface area contributed by atoms with Gasteiger partial charge in [0.25, 0.3) is 0 Å². The van der Waals surface area contributed by atoms with Gasteiger partial charge in [-0.25, -0.2) is 0 Å². The van der Waals surface area contributed by atoms with E-state index in [0.717, 1.165) is 28.1 Å². The van der Waals surface area contributed by atoms with E-state index in [1.54, 1.807) is 7.11 Å². The van der Waals surface area contributed by atoms with Crippen molar-refractivity contribution in [2.75, 3.05) is 12.4 Å². The van der Waals surface area contributed by atoms with Gasteiger partial charge in [-0.3, -0.25) is 4.79 Å². The van der Waals surface area contributed by atoms with Gasteiger partial charge in [0.05, 0.1) is 7.11 Å². The summed E-state index contributed by atoms with van der Waals surface area (Å²) in [5.74, 6) is 0.351. The lowest BCUT2D eigenvalue weighted by atomic mass is 9.97. The van der Waals surface area contributed by atoms with Crippen LogP contribution >= 0.6 is 0 Å². The van der Waals surface area contributed by atoms with E-state index >= 15 is 0 Å². The van der Waals surface area contributed by atoms with Crippen LogP contribution in [-0.4, -0.2) is 33.6 Å². The van der Waals surface area contributed by atoms with Crippen molar-refractivity contribution >= 4 is 11.6 Å². The van der Waals surface area contributed by atoms with Crippen LogP contribution in [0.2, 0.25) is 0 Å². The largest absolute Gasteiger partial charge is 0.497 e. The first-order chi connectivity index (χ1) is 12.6. The third-order valence-corrected chi connectivity index (χ3v) is 4.43. The van der Waals surface area contributed by atoms with Gasteiger partial charge in [0.15, 0.2) is 5.82 Å². The van der Waals surface area contributed by atoms with Crippen molar-refractivity contribution in [3.63, 3.8) is 0 Å². The number of rotatable bonds is 6. The molecule has 0 aliphatic rings. The smallest absolute Gasteiger partial charge is 0.235 e. The molecule has 2 N–H and O–H groups in total. The highest BCUT2D eigenvalue weighted by Crippen LogP contribution is 2.24. The second-order valence-corrected chi connectivity index (χ2v) is 6.11. The Bertz CT molecular complexity index is 893. The first-order valence-corrected chi connectivity index (χ1v) is 8.32. The number of tetrazole rings is 1. The molecular weight excluding hydrogens is 330 g/mol. The van der Waals surface area contributed by atoms with Gasteiger partial charge >= 0.3 is 0 Å². The number of amides is 1. The number of aromatic amines is 1. The maximum atomic E-state index is 13.0. The molecule has 0 radical (unpaired) electrons. The predicted octanol–water partition coefficient (Wildman–Crippen LogP) is 2.79. The van der Waals surface area contributed by atoms with Crippen molar-refractivity contribution in [3.8, 4) is 5.75 Å². The van der Waals surface area contributed by atoms with Crippen LogP contribution in [-0.2, 0) is 11.2 Å². The van der Waals surface area contributed by atoms with E-state index in [0.29, 0.717) is 12.2 Å². The standard InChI is InChI=1S/C19H21N5O2/c1-12-6-4-9-17(13(12)2)20-19(25)16(18-21-23-24-22-18)11-14-7-5-8-15(10-14)26-3/h4-10,16H,11H2,1-3H3,(H,20,25)(H,21,22,23,24)/t16-/m1/s1. The zero-order chi connectivity index (χ0) is 18.5. The highest BCUT2D eigenvalue weighted by Gasteiger charge is 2.26. The van der Waals surface area contributed by atoms with Gasteiger partial charge in [0.1, 0.15) is 11.7 Å². The van der Waals surface area contributed by atoms with E-state index in [2.05, 4.69) is 25.9 Å². The number of anilines is 1. The number of aryl methyl sites for hydroxylation is 1. The lowest BCUT2D eigenvalue weighted by Crippen LogP contribution is -2.24. The summed E-state index contributed by atoms with van der Waals surface area (Å²) in [5.41, 5.74) is 3.89. The fourth-order valence-corrected chi connectivity index (χ4v) is 2.76. The Balaban J connectivity index is 1.86. The predicted molar refractivity (Wildman–Crippen MR) is 98.2 cm³/mol. The highest BCUT2D eigenvalue weighted by atomic mass is 16.5. The van der Waals surface area contributed by atoms with E-state index in [4.69, 9.17) is 4.74 Å². The Morgan fingerprint density at radius 1 is 1.23 bits per heavy atom. The molecule has 2 aromatic carbocycles. The van der Waals surface area contributed by atoms with Gasteiger partial charge in [0.2, 0.25) is 5.91 Å². The van der Waals surface area contributed by atoms with Crippen LogP contribution in [0.25, 0.3) is 0 Å². The monoisotopic (exact) mass is 351 g/mol. The van der Waals surface area contributed by atoms with E-state index in [1.807, 2.05) is 56.3 Å². The average Bonchev–Trinajstić information content (AvgIpc) is 3.18. The zero-order valence-corrected chi connectivity index (χ0v) is 15.0. The van der Waals surface area contributed by atoms with Crippen LogP contribution in [0.4, 0.5) is 5.69 Å². The molecule has 1 aromatic heterocycles. The number of carbonyl (C=O) groups is 1. The summed E-state index contributed by atoms with van der Waals surface area (Å²) in [7, 11) is 1.61. The summed E-state index contributed by atoms with van der Waals surface area (Å²) >= 11 is 0. The summed E-state index contributed by atoms with van der Waals surface area (Å²) in [6.07, 6.45) is 0.438. The zero-order valence-electron chi connectivity index (χ0n) is 15.0. The van der Waals surface area contributed by atoms with E-state index in [9.17, 15) is 4.79 Å². The molecule has 3 rings (SSSR count). The number of ether oxygens (including phenoxy) is 1. The quantitative estimate of drug-likeness (QED) is 0.712. The maximum absolute atomic E-state index is 13.0. The van der Waals surface area contributed by atoms with Crippen molar-refractivity contribution in [2.45, 2.75) is 26.2 Å². The minimum absolute atomic E-state index is 0.178. The number of hydrogen-bond donors (Lipinski definition) is 2. The molecule has 0 bridgehead atoms. The molecule has 0 aliphatic carbocycles.